The van der Waals surface area contributed by atoms with Crippen LogP contribution in [-0.4, -0.2) is 48.7 Å². The van der Waals surface area contributed by atoms with Gasteiger partial charge in [-0.3, -0.25) is 24.0 Å². The first-order chi connectivity index (χ1) is 19.6. The van der Waals surface area contributed by atoms with Crippen molar-refractivity contribution < 1.29 is 22.9 Å². The Morgan fingerprint density at radius 1 is 1.02 bits per heavy atom. The molecule has 4 rings (SSSR count). The number of amides is 2. The lowest BCUT2D eigenvalue weighted by Crippen LogP contribution is -2.52. The van der Waals surface area contributed by atoms with Crippen LogP contribution in [0.1, 0.15) is 38.2 Å². The number of sulfonamides is 1. The molecule has 3 aromatic carbocycles. The van der Waals surface area contributed by atoms with Crippen LogP contribution in [0, 0.1) is 10.1 Å². The van der Waals surface area contributed by atoms with E-state index in [1.165, 1.54) is 35.2 Å². The van der Waals surface area contributed by atoms with Gasteiger partial charge in [0.1, 0.15) is 12.6 Å². The fraction of sp³-hybridized carbons (Fsp3) is 0.310. The third-order valence-electron chi connectivity index (χ3n) is 7.07. The molecule has 1 N–H and O–H groups in total. The lowest BCUT2D eigenvalue weighted by atomic mass is 10.1. The molecule has 0 saturated heterocycles. The SMILES string of the molecule is C[C@@H](C(=O)NC1CCCC1)N(Cc1ccc(Cl)cc1)C(=O)CN(c1cccc([N+](=O)[O-])c1)S(=O)(=O)c1ccccc1. The number of hydrogen-bond acceptors (Lipinski definition) is 6. The van der Waals surface area contributed by atoms with Crippen molar-refractivity contribution in [3.05, 3.63) is 99.6 Å². The largest absolute Gasteiger partial charge is 0.352 e. The quantitative estimate of drug-likeness (QED) is 0.246. The molecule has 3 aromatic rings. The van der Waals surface area contributed by atoms with E-state index in [4.69, 9.17) is 11.6 Å². The highest BCUT2D eigenvalue weighted by Gasteiger charge is 2.33. The standard InChI is InChI=1S/C29H31ClN4O6S/c1-21(29(36)31-24-8-5-6-9-24)32(19-22-14-16-23(30)17-15-22)28(35)20-33(25-10-7-11-26(18-25)34(37)38)41(39,40)27-12-3-2-4-13-27/h2-4,7,10-18,21,24H,5-6,8-9,19-20H2,1H3,(H,31,36)/t21-/m0/s1. The van der Waals surface area contributed by atoms with Crippen molar-refractivity contribution in [3.8, 4) is 0 Å². The van der Waals surface area contributed by atoms with Gasteiger partial charge in [-0.2, -0.15) is 0 Å². The molecule has 0 aromatic heterocycles. The van der Waals surface area contributed by atoms with Crippen LogP contribution in [0.15, 0.2) is 83.8 Å². The molecule has 0 aliphatic heterocycles. The van der Waals surface area contributed by atoms with Crippen molar-refractivity contribution in [2.24, 2.45) is 0 Å². The molecular weight excluding hydrogens is 568 g/mol. The van der Waals surface area contributed by atoms with Gasteiger partial charge in [0.2, 0.25) is 11.8 Å². The number of nitro benzene ring substituents is 1. The highest BCUT2D eigenvalue weighted by molar-refractivity contribution is 7.92. The molecule has 1 fully saturated rings. The van der Waals surface area contributed by atoms with Gasteiger partial charge < -0.3 is 10.2 Å². The minimum Gasteiger partial charge on any atom is -0.352 e. The predicted molar refractivity (Wildman–Crippen MR) is 156 cm³/mol. The van der Waals surface area contributed by atoms with Crippen LogP contribution in [0.4, 0.5) is 11.4 Å². The minimum atomic E-state index is -4.32. The second kappa shape index (κ2) is 13.1. The van der Waals surface area contributed by atoms with E-state index in [0.29, 0.717) is 10.6 Å². The number of nitrogens with zero attached hydrogens (tertiary/aromatic N) is 3. The first-order valence-electron chi connectivity index (χ1n) is 13.2. The molecule has 0 spiro atoms. The number of halogens is 1. The van der Waals surface area contributed by atoms with Crippen LogP contribution in [0.5, 0.6) is 0 Å². The number of non-ortho nitro benzene ring substituents is 1. The van der Waals surface area contributed by atoms with Gasteiger partial charge in [0, 0.05) is 29.7 Å². The summed E-state index contributed by atoms with van der Waals surface area (Å²) < 4.78 is 28.4. The Labute approximate surface area is 244 Å². The number of benzene rings is 3. The summed E-state index contributed by atoms with van der Waals surface area (Å²) in [4.78, 5) is 39.3. The molecule has 12 heteroatoms. The third-order valence-corrected chi connectivity index (χ3v) is 9.11. The van der Waals surface area contributed by atoms with Crippen LogP contribution >= 0.6 is 11.6 Å². The molecular formula is C29H31ClN4O6S. The zero-order chi connectivity index (χ0) is 29.6. The van der Waals surface area contributed by atoms with Crippen molar-refractivity contribution in [2.45, 2.75) is 56.1 Å². The summed E-state index contributed by atoms with van der Waals surface area (Å²) in [5.74, 6) is -0.993. The minimum absolute atomic E-state index is 0.0173. The van der Waals surface area contributed by atoms with E-state index in [1.807, 2.05) is 0 Å². The predicted octanol–water partition coefficient (Wildman–Crippen LogP) is 4.92. The number of rotatable bonds is 11. The third kappa shape index (κ3) is 7.42. The number of nitro groups is 1. The second-order valence-corrected chi connectivity index (χ2v) is 12.2. The van der Waals surface area contributed by atoms with Gasteiger partial charge in [-0.25, -0.2) is 8.42 Å². The van der Waals surface area contributed by atoms with Gasteiger partial charge in [0.15, 0.2) is 0 Å². The average molecular weight is 599 g/mol. The molecule has 1 aliphatic carbocycles. The maximum absolute atomic E-state index is 14.0. The summed E-state index contributed by atoms with van der Waals surface area (Å²) in [5.41, 5.74) is 0.313. The zero-order valence-electron chi connectivity index (χ0n) is 22.5. The Morgan fingerprint density at radius 3 is 2.32 bits per heavy atom. The van der Waals surface area contributed by atoms with Crippen LogP contribution < -0.4 is 9.62 Å². The molecule has 0 unspecified atom stereocenters. The Balaban J connectivity index is 1.70. The maximum atomic E-state index is 14.0. The Morgan fingerprint density at radius 2 is 1.68 bits per heavy atom. The van der Waals surface area contributed by atoms with Crippen LogP contribution in [0.25, 0.3) is 0 Å². The van der Waals surface area contributed by atoms with Crippen molar-refractivity contribution in [1.82, 2.24) is 10.2 Å². The Bertz CT molecular complexity index is 1500. The summed E-state index contributed by atoms with van der Waals surface area (Å²) in [6.45, 7) is 0.929. The van der Waals surface area contributed by atoms with Gasteiger partial charge in [0.05, 0.1) is 15.5 Å². The molecule has 1 atom stereocenters. The monoisotopic (exact) mass is 598 g/mol. The first-order valence-corrected chi connectivity index (χ1v) is 15.0. The molecule has 1 aliphatic rings. The summed E-state index contributed by atoms with van der Waals surface area (Å²) in [7, 11) is -4.32. The molecule has 1 saturated carbocycles. The van der Waals surface area contributed by atoms with E-state index < -0.39 is 33.4 Å². The highest BCUT2D eigenvalue weighted by atomic mass is 35.5. The number of anilines is 1. The van der Waals surface area contributed by atoms with E-state index in [1.54, 1.807) is 49.4 Å². The van der Waals surface area contributed by atoms with E-state index in [2.05, 4.69) is 5.32 Å². The van der Waals surface area contributed by atoms with Gasteiger partial charge in [0.25, 0.3) is 15.7 Å². The van der Waals surface area contributed by atoms with Gasteiger partial charge in [-0.15, -0.1) is 0 Å². The fourth-order valence-corrected chi connectivity index (χ4v) is 6.32. The average Bonchev–Trinajstić information content (AvgIpc) is 3.48. The summed E-state index contributed by atoms with van der Waals surface area (Å²) in [6.07, 6.45) is 3.75. The molecule has 41 heavy (non-hydrogen) atoms. The number of carbonyl (C=O) groups excluding carboxylic acids is 2. The van der Waals surface area contributed by atoms with E-state index in [0.717, 1.165) is 36.1 Å². The second-order valence-electron chi connectivity index (χ2n) is 9.92. The Hall–Kier alpha value is -3.96. The molecule has 0 radical (unpaired) electrons. The fourth-order valence-electron chi connectivity index (χ4n) is 4.77. The summed E-state index contributed by atoms with van der Waals surface area (Å²) in [6, 6.07) is 18.5. The summed E-state index contributed by atoms with van der Waals surface area (Å²) >= 11 is 6.03. The smallest absolute Gasteiger partial charge is 0.271 e. The van der Waals surface area contributed by atoms with Gasteiger partial charge >= 0.3 is 0 Å². The van der Waals surface area contributed by atoms with Crippen LogP contribution in [-0.2, 0) is 26.2 Å². The summed E-state index contributed by atoms with van der Waals surface area (Å²) in [5, 5.41) is 15.0. The maximum Gasteiger partial charge on any atom is 0.271 e. The van der Waals surface area contributed by atoms with E-state index in [9.17, 15) is 28.1 Å². The van der Waals surface area contributed by atoms with Crippen molar-refractivity contribution in [3.63, 3.8) is 0 Å². The molecule has 2 amide bonds. The van der Waals surface area contributed by atoms with E-state index in [-0.39, 0.29) is 34.8 Å². The molecule has 0 heterocycles. The highest BCUT2D eigenvalue weighted by Crippen LogP contribution is 2.28. The van der Waals surface area contributed by atoms with Crippen molar-refractivity contribution >= 4 is 44.8 Å². The normalized spacial score (nSPS) is 14.3. The lowest BCUT2D eigenvalue weighted by molar-refractivity contribution is -0.384. The number of nitrogens with one attached hydrogen (secondary N) is 1. The topological polar surface area (TPSA) is 130 Å². The number of hydrogen-bond donors (Lipinski definition) is 1. The van der Waals surface area contributed by atoms with E-state index >= 15 is 0 Å². The zero-order valence-corrected chi connectivity index (χ0v) is 24.1. The van der Waals surface area contributed by atoms with Gasteiger partial charge in [-0.1, -0.05) is 60.8 Å². The van der Waals surface area contributed by atoms with Crippen molar-refractivity contribution in [1.29, 1.82) is 0 Å². The lowest BCUT2D eigenvalue weighted by Gasteiger charge is -2.32. The Kier molecular flexibility index (Phi) is 9.61. The molecule has 0 bridgehead atoms. The van der Waals surface area contributed by atoms with Gasteiger partial charge in [-0.05, 0) is 55.7 Å². The molecule has 10 nitrogen and oxygen atoms in total. The molecule has 216 valence electrons. The number of carbonyl (C=O) groups is 2. The van der Waals surface area contributed by atoms with Crippen LogP contribution in [0.3, 0.4) is 0 Å². The first kappa shape index (κ1) is 30.0. The van der Waals surface area contributed by atoms with Crippen LogP contribution in [0.2, 0.25) is 5.02 Å². The van der Waals surface area contributed by atoms with Crippen molar-refractivity contribution in [2.75, 3.05) is 10.8 Å².